The first-order chi connectivity index (χ1) is 16.6. The Labute approximate surface area is 208 Å². The van der Waals surface area contributed by atoms with Crippen LogP contribution in [0.3, 0.4) is 0 Å². The zero-order valence-corrected chi connectivity index (χ0v) is 21.8. The standard InChI is InChI=1S/C26H40N4O5/c1-16(2)27-26(33)30-13-17(3)23(34-6)14-29(5)25(32)21-12-20(28-24(31)19-8-7-9-19)10-11-22(21)35-15-18(30)4/h10-12,16-19,23H,7-9,13-15H2,1-6H3,(H,27,33)(H,28,31)/t17-,18+,23+/m1/s1. The fourth-order valence-electron chi connectivity index (χ4n) is 4.38. The predicted octanol–water partition coefficient (Wildman–Crippen LogP) is 3.35. The molecule has 0 spiro atoms. The van der Waals surface area contributed by atoms with Crippen molar-refractivity contribution >= 4 is 23.5 Å². The van der Waals surface area contributed by atoms with Crippen molar-refractivity contribution in [2.24, 2.45) is 11.8 Å². The van der Waals surface area contributed by atoms with Crippen LogP contribution in [0.4, 0.5) is 10.5 Å². The second-order valence-corrected chi connectivity index (χ2v) is 10.2. The number of carbonyl (C=O) groups excluding carboxylic acids is 3. The summed E-state index contributed by atoms with van der Waals surface area (Å²) in [7, 11) is 3.35. The van der Waals surface area contributed by atoms with Crippen molar-refractivity contribution in [3.8, 4) is 5.75 Å². The number of benzene rings is 1. The fraction of sp³-hybridized carbons (Fsp3) is 0.654. The van der Waals surface area contributed by atoms with Crippen molar-refractivity contribution in [3.63, 3.8) is 0 Å². The minimum atomic E-state index is -0.268. The van der Waals surface area contributed by atoms with E-state index in [4.69, 9.17) is 9.47 Å². The number of hydrogen-bond acceptors (Lipinski definition) is 5. The molecule has 1 aromatic carbocycles. The molecule has 0 radical (unpaired) electrons. The van der Waals surface area contributed by atoms with Gasteiger partial charge >= 0.3 is 6.03 Å². The maximum absolute atomic E-state index is 13.4. The Morgan fingerprint density at radius 3 is 2.49 bits per heavy atom. The van der Waals surface area contributed by atoms with Crippen LogP contribution in [-0.4, -0.2) is 79.7 Å². The molecule has 35 heavy (non-hydrogen) atoms. The number of ether oxygens (including phenoxy) is 2. The number of anilines is 1. The molecule has 9 nitrogen and oxygen atoms in total. The van der Waals surface area contributed by atoms with Crippen molar-refractivity contribution < 1.29 is 23.9 Å². The van der Waals surface area contributed by atoms with E-state index in [2.05, 4.69) is 10.6 Å². The van der Waals surface area contributed by atoms with Gasteiger partial charge in [0.15, 0.2) is 0 Å². The zero-order chi connectivity index (χ0) is 25.7. The number of hydrogen-bond donors (Lipinski definition) is 2. The lowest BCUT2D eigenvalue weighted by Crippen LogP contribution is -2.52. The van der Waals surface area contributed by atoms with Gasteiger partial charge in [0.25, 0.3) is 5.91 Å². The normalized spacial score (nSPS) is 24.0. The molecule has 3 atom stereocenters. The molecule has 4 amide bonds. The Morgan fingerprint density at radius 1 is 1.17 bits per heavy atom. The van der Waals surface area contributed by atoms with Crippen LogP contribution in [0.25, 0.3) is 0 Å². The smallest absolute Gasteiger partial charge is 0.317 e. The molecule has 1 aliphatic heterocycles. The monoisotopic (exact) mass is 488 g/mol. The summed E-state index contributed by atoms with van der Waals surface area (Å²) in [5.41, 5.74) is 0.938. The molecule has 3 rings (SSSR count). The first-order valence-corrected chi connectivity index (χ1v) is 12.5. The molecule has 0 bridgehead atoms. The fourth-order valence-corrected chi connectivity index (χ4v) is 4.38. The second-order valence-electron chi connectivity index (χ2n) is 10.2. The van der Waals surface area contributed by atoms with Crippen LogP contribution < -0.4 is 15.4 Å². The van der Waals surface area contributed by atoms with E-state index in [0.717, 1.165) is 19.3 Å². The molecule has 194 valence electrons. The summed E-state index contributed by atoms with van der Waals surface area (Å²) in [5.74, 6) is 0.208. The highest BCUT2D eigenvalue weighted by Gasteiger charge is 2.31. The molecule has 1 aliphatic carbocycles. The highest BCUT2D eigenvalue weighted by atomic mass is 16.5. The molecule has 0 aromatic heterocycles. The van der Waals surface area contributed by atoms with E-state index < -0.39 is 0 Å². The van der Waals surface area contributed by atoms with E-state index >= 15 is 0 Å². The highest BCUT2D eigenvalue weighted by Crippen LogP contribution is 2.30. The molecule has 9 heteroatoms. The van der Waals surface area contributed by atoms with Crippen LogP contribution in [0.5, 0.6) is 5.75 Å². The Kier molecular flexibility index (Phi) is 8.99. The molecule has 0 saturated heterocycles. The summed E-state index contributed by atoms with van der Waals surface area (Å²) in [6.07, 6.45) is 2.60. The maximum atomic E-state index is 13.4. The lowest BCUT2D eigenvalue weighted by molar-refractivity contribution is -0.122. The van der Waals surface area contributed by atoms with E-state index in [-0.39, 0.29) is 54.5 Å². The molecule has 1 aromatic rings. The molecular formula is C26H40N4O5. The van der Waals surface area contributed by atoms with Gasteiger partial charge in [0.2, 0.25) is 5.91 Å². The number of likely N-dealkylation sites (N-methyl/N-ethyl adjacent to an activating group) is 1. The summed E-state index contributed by atoms with van der Waals surface area (Å²) in [5, 5.41) is 5.91. The lowest BCUT2D eigenvalue weighted by atomic mass is 9.85. The number of rotatable bonds is 4. The quantitative estimate of drug-likeness (QED) is 0.677. The van der Waals surface area contributed by atoms with Gasteiger partial charge in [0.1, 0.15) is 12.4 Å². The average Bonchev–Trinajstić information content (AvgIpc) is 2.76. The minimum absolute atomic E-state index is 0.00331. The highest BCUT2D eigenvalue weighted by molar-refractivity contribution is 6.00. The van der Waals surface area contributed by atoms with Crippen LogP contribution in [0.1, 0.15) is 57.3 Å². The van der Waals surface area contributed by atoms with Crippen molar-refractivity contribution in [1.82, 2.24) is 15.1 Å². The van der Waals surface area contributed by atoms with Gasteiger partial charge in [0, 0.05) is 50.8 Å². The summed E-state index contributed by atoms with van der Waals surface area (Å²) < 4.78 is 11.8. The van der Waals surface area contributed by atoms with Gasteiger partial charge < -0.3 is 29.9 Å². The van der Waals surface area contributed by atoms with E-state index in [9.17, 15) is 14.4 Å². The van der Waals surface area contributed by atoms with Crippen LogP contribution >= 0.6 is 0 Å². The van der Waals surface area contributed by atoms with Crippen molar-refractivity contribution in [2.45, 2.75) is 65.1 Å². The number of nitrogens with zero attached hydrogens (tertiary/aromatic N) is 2. The van der Waals surface area contributed by atoms with Crippen molar-refractivity contribution in [2.75, 3.05) is 39.2 Å². The van der Waals surface area contributed by atoms with Crippen LogP contribution in [-0.2, 0) is 9.53 Å². The van der Waals surface area contributed by atoms with Gasteiger partial charge in [-0.15, -0.1) is 0 Å². The Morgan fingerprint density at radius 2 is 1.89 bits per heavy atom. The third kappa shape index (κ3) is 6.66. The minimum Gasteiger partial charge on any atom is -0.491 e. The van der Waals surface area contributed by atoms with E-state index in [1.165, 1.54) is 0 Å². The number of nitrogens with one attached hydrogen (secondary N) is 2. The van der Waals surface area contributed by atoms with Gasteiger partial charge in [-0.25, -0.2) is 4.79 Å². The largest absolute Gasteiger partial charge is 0.491 e. The summed E-state index contributed by atoms with van der Waals surface area (Å²) in [4.78, 5) is 42.3. The molecule has 0 unspecified atom stereocenters. The SMILES string of the molecule is CO[C@H]1CN(C)C(=O)c2cc(NC(=O)C3CCC3)ccc2OC[C@H](C)N(C(=O)NC(C)C)C[C@H]1C. The average molecular weight is 489 g/mol. The van der Waals surface area contributed by atoms with Gasteiger partial charge in [-0.3, -0.25) is 9.59 Å². The van der Waals surface area contributed by atoms with Gasteiger partial charge in [-0.2, -0.15) is 0 Å². The van der Waals surface area contributed by atoms with Gasteiger partial charge in [0.05, 0.1) is 17.7 Å². The van der Waals surface area contributed by atoms with Crippen LogP contribution in [0, 0.1) is 11.8 Å². The predicted molar refractivity (Wildman–Crippen MR) is 135 cm³/mol. The Balaban J connectivity index is 1.91. The summed E-state index contributed by atoms with van der Waals surface area (Å²) >= 11 is 0. The van der Waals surface area contributed by atoms with E-state index in [1.54, 1.807) is 42.2 Å². The van der Waals surface area contributed by atoms with Crippen molar-refractivity contribution in [1.29, 1.82) is 0 Å². The number of amides is 4. The molecule has 2 N–H and O–H groups in total. The van der Waals surface area contributed by atoms with Crippen molar-refractivity contribution in [3.05, 3.63) is 23.8 Å². The third-order valence-corrected chi connectivity index (χ3v) is 6.86. The summed E-state index contributed by atoms with van der Waals surface area (Å²) in [6, 6.07) is 4.74. The maximum Gasteiger partial charge on any atom is 0.317 e. The zero-order valence-electron chi connectivity index (χ0n) is 21.8. The molecule has 1 fully saturated rings. The Hall–Kier alpha value is -2.81. The first kappa shape index (κ1) is 26.8. The first-order valence-electron chi connectivity index (χ1n) is 12.5. The second kappa shape index (κ2) is 11.7. The lowest BCUT2D eigenvalue weighted by Gasteiger charge is -2.36. The molecule has 1 saturated carbocycles. The molecule has 2 aliphatic rings. The number of methoxy groups -OCH3 is 1. The number of fused-ring (bicyclic) bond motifs is 1. The van der Waals surface area contributed by atoms with Crippen LogP contribution in [0.15, 0.2) is 18.2 Å². The number of carbonyl (C=O) groups is 3. The van der Waals surface area contributed by atoms with E-state index in [1.807, 2.05) is 27.7 Å². The summed E-state index contributed by atoms with van der Waals surface area (Å²) in [6.45, 7) is 8.83. The Bertz CT molecular complexity index is 917. The van der Waals surface area contributed by atoms with Crippen LogP contribution in [0.2, 0.25) is 0 Å². The van der Waals surface area contributed by atoms with Gasteiger partial charge in [-0.05, 0) is 51.8 Å². The topological polar surface area (TPSA) is 100 Å². The van der Waals surface area contributed by atoms with Gasteiger partial charge in [-0.1, -0.05) is 13.3 Å². The number of urea groups is 1. The molecule has 1 heterocycles. The third-order valence-electron chi connectivity index (χ3n) is 6.86. The van der Waals surface area contributed by atoms with E-state index in [0.29, 0.717) is 30.1 Å². The molecular weight excluding hydrogens is 448 g/mol.